The van der Waals surface area contributed by atoms with Gasteiger partial charge in [0.2, 0.25) is 0 Å². The van der Waals surface area contributed by atoms with E-state index in [0.29, 0.717) is 16.4 Å². The van der Waals surface area contributed by atoms with E-state index in [1.807, 2.05) is 32.0 Å². The highest BCUT2D eigenvalue weighted by Crippen LogP contribution is 2.39. The van der Waals surface area contributed by atoms with Crippen molar-refractivity contribution >= 4 is 32.3 Å². The number of carbonyl (C=O) groups excluding carboxylic acids is 1. The molecule has 0 radical (unpaired) electrons. The molecule has 1 fully saturated rings. The first-order valence-electron chi connectivity index (χ1n) is 9.97. The molecule has 1 aliphatic rings. The first kappa shape index (κ1) is 21.9. The number of anilines is 1. The highest BCUT2D eigenvalue weighted by atomic mass is 32.2. The number of pyridine rings is 1. The monoisotopic (exact) mass is 467 g/mol. The first-order chi connectivity index (χ1) is 15.2. The van der Waals surface area contributed by atoms with Crippen LogP contribution in [0.4, 0.5) is 9.93 Å². The minimum absolute atomic E-state index is 0.0364. The molecule has 2 aromatic heterocycles. The highest BCUT2D eigenvalue weighted by Gasteiger charge is 2.26. The van der Waals surface area contributed by atoms with Gasteiger partial charge in [-0.1, -0.05) is 23.5 Å². The van der Waals surface area contributed by atoms with Crippen molar-refractivity contribution in [3.63, 3.8) is 0 Å². The summed E-state index contributed by atoms with van der Waals surface area (Å²) >= 11 is 1.33. The molecule has 1 aromatic carbocycles. The van der Waals surface area contributed by atoms with Gasteiger partial charge in [-0.15, -0.1) is 0 Å². The van der Waals surface area contributed by atoms with Gasteiger partial charge in [0.25, 0.3) is 0 Å². The predicted octanol–water partition coefficient (Wildman–Crippen LogP) is 3.62. The van der Waals surface area contributed by atoms with Gasteiger partial charge >= 0.3 is 6.03 Å². The van der Waals surface area contributed by atoms with Gasteiger partial charge in [0.15, 0.2) is 15.0 Å². The van der Waals surface area contributed by atoms with Crippen LogP contribution >= 0.6 is 11.3 Å². The zero-order chi connectivity index (χ0) is 22.9. The summed E-state index contributed by atoms with van der Waals surface area (Å²) in [5, 5.41) is 12.5. The Kier molecular flexibility index (Phi) is 5.95. The Balaban J connectivity index is 1.71. The maximum absolute atomic E-state index is 12.7. The highest BCUT2D eigenvalue weighted by molar-refractivity contribution is 7.91. The van der Waals surface area contributed by atoms with E-state index < -0.39 is 9.84 Å². The van der Waals surface area contributed by atoms with Crippen molar-refractivity contribution in [2.24, 2.45) is 0 Å². The number of thiazole rings is 1. The molecule has 1 aliphatic heterocycles. The van der Waals surface area contributed by atoms with Crippen LogP contribution in [-0.2, 0) is 9.84 Å². The number of urea groups is 1. The van der Waals surface area contributed by atoms with E-state index in [-0.39, 0.29) is 30.6 Å². The molecule has 1 N–H and O–H groups in total. The number of carbonyl (C=O) groups is 1. The summed E-state index contributed by atoms with van der Waals surface area (Å²) in [5.74, 6) is -0.0728. The number of benzene rings is 1. The molecule has 0 atom stereocenters. The van der Waals surface area contributed by atoms with Crippen LogP contribution in [-0.4, -0.2) is 53.9 Å². The van der Waals surface area contributed by atoms with Crippen LogP contribution in [0.1, 0.15) is 17.0 Å². The van der Waals surface area contributed by atoms with E-state index in [2.05, 4.69) is 21.4 Å². The van der Waals surface area contributed by atoms with Crippen LogP contribution in [0, 0.1) is 25.2 Å². The van der Waals surface area contributed by atoms with Gasteiger partial charge in [0.1, 0.15) is 0 Å². The molecule has 8 nitrogen and oxygen atoms in total. The average Bonchev–Trinajstić information content (AvgIpc) is 3.17. The van der Waals surface area contributed by atoms with Crippen LogP contribution in [0.25, 0.3) is 21.7 Å². The molecule has 0 aliphatic carbocycles. The van der Waals surface area contributed by atoms with Gasteiger partial charge in [0, 0.05) is 30.0 Å². The van der Waals surface area contributed by atoms with Gasteiger partial charge in [0.05, 0.1) is 33.7 Å². The Labute approximate surface area is 190 Å². The summed E-state index contributed by atoms with van der Waals surface area (Å²) in [7, 11) is -3.08. The summed E-state index contributed by atoms with van der Waals surface area (Å²) < 4.78 is 23.3. The predicted molar refractivity (Wildman–Crippen MR) is 124 cm³/mol. The van der Waals surface area contributed by atoms with Crippen molar-refractivity contribution in [2.75, 3.05) is 29.9 Å². The zero-order valence-corrected chi connectivity index (χ0v) is 19.3. The zero-order valence-electron chi connectivity index (χ0n) is 17.6. The fraction of sp³-hybridized carbons (Fsp3) is 0.273. The number of aryl methyl sites for hydroxylation is 2. The van der Waals surface area contributed by atoms with Crippen molar-refractivity contribution in [1.29, 1.82) is 5.26 Å². The molecule has 3 aromatic rings. The fourth-order valence-corrected chi connectivity index (χ4v) is 5.72. The van der Waals surface area contributed by atoms with E-state index in [1.54, 1.807) is 18.2 Å². The second kappa shape index (κ2) is 8.68. The van der Waals surface area contributed by atoms with Gasteiger partial charge in [-0.3, -0.25) is 10.3 Å². The van der Waals surface area contributed by atoms with Gasteiger partial charge in [-0.2, -0.15) is 5.26 Å². The molecular weight excluding hydrogens is 446 g/mol. The summed E-state index contributed by atoms with van der Waals surface area (Å²) in [5.41, 5.74) is 4.61. The number of nitrogens with one attached hydrogen (secondary N) is 1. The third-order valence-electron chi connectivity index (χ3n) is 5.08. The number of sulfone groups is 1. The number of nitrogens with zero attached hydrogens (tertiary/aromatic N) is 4. The lowest BCUT2D eigenvalue weighted by atomic mass is 10.0. The summed E-state index contributed by atoms with van der Waals surface area (Å²) in [6.45, 7) is 4.15. The molecule has 3 heterocycles. The number of aromatic nitrogens is 2. The van der Waals surface area contributed by atoms with Crippen molar-refractivity contribution < 1.29 is 13.2 Å². The number of amides is 2. The molecule has 32 heavy (non-hydrogen) atoms. The molecule has 164 valence electrons. The number of rotatable bonds is 3. The van der Waals surface area contributed by atoms with Crippen molar-refractivity contribution in [3.05, 3.63) is 53.3 Å². The molecule has 4 rings (SSSR count). The molecule has 0 bridgehead atoms. The minimum Gasteiger partial charge on any atom is -0.322 e. The maximum atomic E-state index is 12.7. The fourth-order valence-electron chi connectivity index (χ4n) is 3.55. The summed E-state index contributed by atoms with van der Waals surface area (Å²) in [4.78, 5) is 24.2. The number of hydrogen-bond donors (Lipinski definition) is 1. The van der Waals surface area contributed by atoms with Crippen LogP contribution < -0.4 is 5.32 Å². The topological polar surface area (TPSA) is 116 Å². The van der Waals surface area contributed by atoms with Gasteiger partial charge in [-0.05, 0) is 43.7 Å². The van der Waals surface area contributed by atoms with Crippen molar-refractivity contribution in [1.82, 2.24) is 14.9 Å². The third-order valence-corrected chi connectivity index (χ3v) is 7.71. The maximum Gasteiger partial charge on any atom is 0.323 e. The number of hydrogen-bond acceptors (Lipinski definition) is 7. The van der Waals surface area contributed by atoms with Crippen LogP contribution in [0.3, 0.4) is 0 Å². The van der Waals surface area contributed by atoms with Gasteiger partial charge < -0.3 is 4.90 Å². The van der Waals surface area contributed by atoms with Crippen LogP contribution in [0.5, 0.6) is 0 Å². The van der Waals surface area contributed by atoms with Gasteiger partial charge in [-0.25, -0.2) is 18.2 Å². The molecule has 10 heteroatoms. The van der Waals surface area contributed by atoms with Crippen molar-refractivity contribution in [2.45, 2.75) is 13.8 Å². The summed E-state index contributed by atoms with van der Waals surface area (Å²) in [6.07, 6.45) is 0. The lowest BCUT2D eigenvalue weighted by Crippen LogP contribution is -2.45. The lowest BCUT2D eigenvalue weighted by molar-refractivity contribution is 0.216. The SMILES string of the molecule is Cc1cc(-c2sc(NC(=O)N3CCS(=O)(=O)CC3)nc2-c2cccc(C#N)c2)cc(C)n1. The second-order valence-electron chi connectivity index (χ2n) is 7.60. The lowest BCUT2D eigenvalue weighted by Gasteiger charge is -2.26. The van der Waals surface area contributed by atoms with E-state index in [1.165, 1.54) is 16.2 Å². The summed E-state index contributed by atoms with van der Waals surface area (Å²) in [6, 6.07) is 12.8. The Morgan fingerprint density at radius 2 is 1.78 bits per heavy atom. The molecular formula is C22H21N5O3S2. The first-order valence-corrected chi connectivity index (χ1v) is 12.6. The molecule has 0 saturated carbocycles. The third kappa shape index (κ3) is 4.79. The largest absolute Gasteiger partial charge is 0.323 e. The molecule has 1 saturated heterocycles. The van der Waals surface area contributed by atoms with Crippen molar-refractivity contribution in [3.8, 4) is 27.8 Å². The van der Waals surface area contributed by atoms with E-state index >= 15 is 0 Å². The average molecular weight is 468 g/mol. The molecule has 0 spiro atoms. The number of nitriles is 1. The van der Waals surface area contributed by atoms with Crippen LogP contribution in [0.2, 0.25) is 0 Å². The molecule has 0 unspecified atom stereocenters. The Morgan fingerprint density at radius 3 is 2.44 bits per heavy atom. The normalized spacial score (nSPS) is 15.2. The minimum atomic E-state index is -3.08. The smallest absolute Gasteiger partial charge is 0.322 e. The second-order valence-corrected chi connectivity index (χ2v) is 10.9. The molecule has 2 amide bonds. The Morgan fingerprint density at radius 1 is 1.09 bits per heavy atom. The van der Waals surface area contributed by atoms with E-state index in [4.69, 9.17) is 0 Å². The van der Waals surface area contributed by atoms with Crippen LogP contribution in [0.15, 0.2) is 36.4 Å². The van der Waals surface area contributed by atoms with E-state index in [0.717, 1.165) is 27.4 Å². The Hall–Kier alpha value is -3.29. The quantitative estimate of drug-likeness (QED) is 0.629. The standard InChI is InChI=1S/C22H21N5O3S2/c1-14-10-18(11-15(2)24-14)20-19(17-5-3-4-16(12-17)13-23)25-21(31-20)26-22(28)27-6-8-32(29,30)9-7-27/h3-5,10-12H,6-9H2,1-2H3,(H,25,26,28). The van der Waals surface area contributed by atoms with E-state index in [9.17, 15) is 18.5 Å². The Bertz CT molecular complexity index is 1310.